The van der Waals surface area contributed by atoms with Crippen LogP contribution in [0.15, 0.2) is 22.6 Å². The monoisotopic (exact) mass is 249 g/mol. The van der Waals surface area contributed by atoms with Crippen LogP contribution >= 0.6 is 0 Å². The molecule has 1 heterocycles. The molecular weight excluding hydrogens is 238 g/mol. The molecule has 0 bridgehead atoms. The molecule has 94 valence electrons. The van der Waals surface area contributed by atoms with E-state index in [0.29, 0.717) is 17.6 Å². The summed E-state index contributed by atoms with van der Waals surface area (Å²) >= 11 is 0. The number of carbonyl (C=O) groups is 2. The Hall–Kier alpha value is -2.57. The number of fused-ring (bicyclic) bond motifs is 1. The highest BCUT2D eigenvalue weighted by Gasteiger charge is 2.09. The lowest BCUT2D eigenvalue weighted by molar-refractivity contribution is -0.117. The first-order chi connectivity index (χ1) is 8.56. The number of aromatic carboxylic acids is 1. The molecule has 0 aliphatic heterocycles. The number of amides is 1. The van der Waals surface area contributed by atoms with Crippen LogP contribution in [0.1, 0.15) is 16.8 Å². The predicted molar refractivity (Wildman–Crippen MR) is 63.3 cm³/mol. The van der Waals surface area contributed by atoms with Crippen molar-refractivity contribution in [1.29, 1.82) is 0 Å². The summed E-state index contributed by atoms with van der Waals surface area (Å²) < 4.78 is 5.30. The number of carbonyl (C=O) groups excluding carboxylic acids is 1. The molecule has 2 rings (SSSR count). The van der Waals surface area contributed by atoms with Gasteiger partial charge < -0.3 is 20.6 Å². The minimum atomic E-state index is -1.03. The lowest BCUT2D eigenvalue weighted by Crippen LogP contribution is -2.15. The van der Waals surface area contributed by atoms with Gasteiger partial charge in [-0.2, -0.15) is 4.98 Å². The molecule has 18 heavy (non-hydrogen) atoms. The van der Waals surface area contributed by atoms with E-state index in [2.05, 4.69) is 10.3 Å². The third-order valence-corrected chi connectivity index (χ3v) is 2.28. The molecule has 0 saturated carbocycles. The number of nitrogens with one attached hydrogen (secondary N) is 1. The molecule has 1 aromatic carbocycles. The van der Waals surface area contributed by atoms with Crippen molar-refractivity contribution in [3.8, 4) is 0 Å². The van der Waals surface area contributed by atoms with E-state index in [1.54, 1.807) is 6.07 Å². The van der Waals surface area contributed by atoms with Crippen LogP contribution in [0.5, 0.6) is 0 Å². The number of hydrogen-bond donors (Lipinski definition) is 3. The van der Waals surface area contributed by atoms with Gasteiger partial charge in [0.1, 0.15) is 5.52 Å². The number of nitrogens with two attached hydrogens (primary N) is 1. The molecule has 4 N–H and O–H groups in total. The number of carboxylic acid groups (broad SMARTS) is 1. The Balaban J connectivity index is 2.16. The number of primary amides is 1. The number of carboxylic acids is 1. The number of benzene rings is 1. The predicted octanol–water partition coefficient (Wildman–Crippen LogP) is 0.813. The van der Waals surface area contributed by atoms with Gasteiger partial charge in [-0.15, -0.1) is 0 Å². The van der Waals surface area contributed by atoms with Gasteiger partial charge in [0.25, 0.3) is 6.01 Å². The van der Waals surface area contributed by atoms with Crippen molar-refractivity contribution in [3.63, 3.8) is 0 Å². The smallest absolute Gasteiger partial charge is 0.335 e. The van der Waals surface area contributed by atoms with E-state index in [1.807, 2.05) is 0 Å². The van der Waals surface area contributed by atoms with Crippen LogP contribution in [0.25, 0.3) is 11.1 Å². The molecule has 7 heteroatoms. The summed E-state index contributed by atoms with van der Waals surface area (Å²) in [5.74, 6) is -1.46. The Labute approximate surface area is 102 Å². The summed E-state index contributed by atoms with van der Waals surface area (Å²) in [5, 5.41) is 11.6. The van der Waals surface area contributed by atoms with Gasteiger partial charge in [0.15, 0.2) is 5.58 Å². The molecule has 0 aliphatic carbocycles. The van der Waals surface area contributed by atoms with Crippen molar-refractivity contribution in [1.82, 2.24) is 4.98 Å². The first-order valence-electron chi connectivity index (χ1n) is 5.22. The molecule has 1 aromatic heterocycles. The Bertz CT molecular complexity index is 605. The highest BCUT2D eigenvalue weighted by molar-refractivity contribution is 5.92. The third kappa shape index (κ3) is 2.57. The molecule has 0 unspecified atom stereocenters. The first-order valence-corrected chi connectivity index (χ1v) is 5.22. The quantitative estimate of drug-likeness (QED) is 0.721. The molecule has 0 fully saturated rings. The maximum Gasteiger partial charge on any atom is 0.335 e. The Morgan fingerprint density at radius 1 is 1.44 bits per heavy atom. The lowest BCUT2D eigenvalue weighted by Gasteiger charge is -1.97. The van der Waals surface area contributed by atoms with Crippen LogP contribution in [0.4, 0.5) is 6.01 Å². The zero-order chi connectivity index (χ0) is 13.1. The van der Waals surface area contributed by atoms with Gasteiger partial charge >= 0.3 is 5.97 Å². The number of rotatable bonds is 5. The minimum Gasteiger partial charge on any atom is -0.478 e. The number of hydrogen-bond acceptors (Lipinski definition) is 5. The van der Waals surface area contributed by atoms with Crippen molar-refractivity contribution in [3.05, 3.63) is 23.8 Å². The molecule has 1 amide bonds. The Morgan fingerprint density at radius 2 is 2.22 bits per heavy atom. The van der Waals surface area contributed by atoms with Crippen LogP contribution in [-0.4, -0.2) is 28.5 Å². The zero-order valence-corrected chi connectivity index (χ0v) is 9.34. The van der Waals surface area contributed by atoms with Crippen LogP contribution < -0.4 is 11.1 Å². The van der Waals surface area contributed by atoms with Crippen molar-refractivity contribution in [2.75, 3.05) is 11.9 Å². The number of aromatic nitrogens is 1. The molecule has 0 spiro atoms. The third-order valence-electron chi connectivity index (χ3n) is 2.28. The second-order valence-corrected chi connectivity index (χ2v) is 3.65. The topological polar surface area (TPSA) is 118 Å². The van der Waals surface area contributed by atoms with Gasteiger partial charge in [0, 0.05) is 13.0 Å². The van der Waals surface area contributed by atoms with Gasteiger partial charge in [-0.3, -0.25) is 4.79 Å². The van der Waals surface area contributed by atoms with Crippen molar-refractivity contribution in [2.24, 2.45) is 5.73 Å². The number of nitrogens with zero attached hydrogens (tertiary/aromatic N) is 1. The SMILES string of the molecule is NC(=O)CCNc1nc2ccc(C(=O)O)cc2o1. The molecular formula is C11H11N3O4. The van der Waals surface area contributed by atoms with Crippen molar-refractivity contribution < 1.29 is 19.1 Å². The number of anilines is 1. The van der Waals surface area contributed by atoms with E-state index in [1.165, 1.54) is 12.1 Å². The minimum absolute atomic E-state index is 0.127. The Kier molecular flexibility index (Phi) is 3.13. The maximum atomic E-state index is 10.8. The normalized spacial score (nSPS) is 10.4. The van der Waals surface area contributed by atoms with Gasteiger partial charge in [-0.05, 0) is 18.2 Å². The molecule has 7 nitrogen and oxygen atoms in total. The second kappa shape index (κ2) is 4.74. The van der Waals surface area contributed by atoms with Gasteiger partial charge in [-0.25, -0.2) is 4.79 Å². The molecule has 0 saturated heterocycles. The van der Waals surface area contributed by atoms with Gasteiger partial charge in [0.05, 0.1) is 5.56 Å². The maximum absolute atomic E-state index is 10.8. The fraction of sp³-hybridized carbons (Fsp3) is 0.182. The average Bonchev–Trinajstić information content (AvgIpc) is 2.69. The Morgan fingerprint density at radius 3 is 2.89 bits per heavy atom. The summed E-state index contributed by atoms with van der Waals surface area (Å²) in [5.41, 5.74) is 6.03. The van der Waals surface area contributed by atoms with E-state index < -0.39 is 11.9 Å². The van der Waals surface area contributed by atoms with E-state index >= 15 is 0 Å². The fourth-order valence-electron chi connectivity index (χ4n) is 1.43. The van der Waals surface area contributed by atoms with E-state index in [0.717, 1.165) is 0 Å². The summed E-state index contributed by atoms with van der Waals surface area (Å²) in [6.45, 7) is 0.313. The standard InChI is InChI=1S/C11H11N3O4/c12-9(15)3-4-13-11-14-7-2-1-6(10(16)17)5-8(7)18-11/h1-2,5H,3-4H2,(H2,12,15)(H,13,14)(H,16,17). The van der Waals surface area contributed by atoms with E-state index in [-0.39, 0.29) is 18.0 Å². The highest BCUT2D eigenvalue weighted by atomic mass is 16.4. The average molecular weight is 249 g/mol. The summed E-state index contributed by atoms with van der Waals surface area (Å²) in [6.07, 6.45) is 0.166. The largest absolute Gasteiger partial charge is 0.478 e. The van der Waals surface area contributed by atoms with Gasteiger partial charge in [-0.1, -0.05) is 0 Å². The second-order valence-electron chi connectivity index (χ2n) is 3.65. The first kappa shape index (κ1) is 11.9. The van der Waals surface area contributed by atoms with E-state index in [9.17, 15) is 9.59 Å². The summed E-state index contributed by atoms with van der Waals surface area (Å²) in [4.78, 5) is 25.4. The molecule has 0 radical (unpaired) electrons. The highest BCUT2D eigenvalue weighted by Crippen LogP contribution is 2.20. The van der Waals surface area contributed by atoms with Crippen LogP contribution in [0.3, 0.4) is 0 Å². The lowest BCUT2D eigenvalue weighted by atomic mass is 10.2. The van der Waals surface area contributed by atoms with Crippen LogP contribution in [-0.2, 0) is 4.79 Å². The number of oxazole rings is 1. The van der Waals surface area contributed by atoms with Crippen molar-refractivity contribution >= 4 is 29.0 Å². The molecule has 0 aliphatic rings. The zero-order valence-electron chi connectivity index (χ0n) is 9.34. The van der Waals surface area contributed by atoms with Crippen LogP contribution in [0.2, 0.25) is 0 Å². The van der Waals surface area contributed by atoms with Crippen molar-refractivity contribution in [2.45, 2.75) is 6.42 Å². The van der Waals surface area contributed by atoms with Gasteiger partial charge in [0.2, 0.25) is 5.91 Å². The molecule has 0 atom stereocenters. The van der Waals surface area contributed by atoms with E-state index in [4.69, 9.17) is 15.3 Å². The summed E-state index contributed by atoms with van der Waals surface area (Å²) in [7, 11) is 0. The van der Waals surface area contributed by atoms with Crippen LogP contribution in [0, 0.1) is 0 Å². The summed E-state index contributed by atoms with van der Waals surface area (Å²) in [6, 6.07) is 4.63. The molecule has 2 aromatic rings. The fourth-order valence-corrected chi connectivity index (χ4v) is 1.43.